The SMILES string of the molecule is O=C(Nc1cnc(Cl)c(Br)c1)c1ccncc1F. The molecule has 2 aromatic heterocycles. The van der Waals surface area contributed by atoms with E-state index in [-0.39, 0.29) is 10.7 Å². The summed E-state index contributed by atoms with van der Waals surface area (Å²) in [6.07, 6.45) is 3.70. The van der Waals surface area contributed by atoms with Crippen molar-refractivity contribution in [2.45, 2.75) is 0 Å². The molecular weight excluding hydrogens is 324 g/mol. The van der Waals surface area contributed by atoms with E-state index in [0.717, 1.165) is 6.20 Å². The van der Waals surface area contributed by atoms with Crippen LogP contribution in [0.4, 0.5) is 10.1 Å². The highest BCUT2D eigenvalue weighted by molar-refractivity contribution is 9.10. The molecule has 0 spiro atoms. The fraction of sp³-hybridized carbons (Fsp3) is 0. The van der Waals surface area contributed by atoms with Crippen molar-refractivity contribution in [1.82, 2.24) is 9.97 Å². The van der Waals surface area contributed by atoms with E-state index in [1.807, 2.05) is 0 Å². The van der Waals surface area contributed by atoms with E-state index in [4.69, 9.17) is 11.6 Å². The maximum Gasteiger partial charge on any atom is 0.258 e. The third-order valence-corrected chi connectivity index (χ3v) is 3.21. The van der Waals surface area contributed by atoms with Crippen LogP contribution in [0.25, 0.3) is 0 Å². The van der Waals surface area contributed by atoms with Crippen LogP contribution in [0.2, 0.25) is 5.15 Å². The minimum Gasteiger partial charge on any atom is -0.320 e. The molecule has 0 aliphatic heterocycles. The Bertz CT molecular complexity index is 609. The van der Waals surface area contributed by atoms with E-state index >= 15 is 0 Å². The fourth-order valence-electron chi connectivity index (χ4n) is 1.25. The molecule has 92 valence electrons. The second-order valence-electron chi connectivity index (χ2n) is 3.31. The molecule has 0 unspecified atom stereocenters. The Hall–Kier alpha value is -1.53. The van der Waals surface area contributed by atoms with Crippen LogP contribution >= 0.6 is 27.5 Å². The lowest BCUT2D eigenvalue weighted by molar-refractivity contribution is 0.102. The molecule has 0 bridgehead atoms. The summed E-state index contributed by atoms with van der Waals surface area (Å²) in [4.78, 5) is 19.2. The molecule has 0 saturated carbocycles. The topological polar surface area (TPSA) is 54.9 Å². The number of halogens is 3. The van der Waals surface area contributed by atoms with E-state index in [9.17, 15) is 9.18 Å². The zero-order valence-corrected chi connectivity index (χ0v) is 11.2. The number of nitrogens with one attached hydrogen (secondary N) is 1. The number of carbonyl (C=O) groups excluding carboxylic acids is 1. The van der Waals surface area contributed by atoms with Crippen LogP contribution in [-0.2, 0) is 0 Å². The number of carbonyl (C=O) groups is 1. The van der Waals surface area contributed by atoms with Gasteiger partial charge in [0.25, 0.3) is 5.91 Å². The Balaban J connectivity index is 2.22. The van der Waals surface area contributed by atoms with Gasteiger partial charge in [-0.3, -0.25) is 9.78 Å². The lowest BCUT2D eigenvalue weighted by Gasteiger charge is -2.06. The van der Waals surface area contributed by atoms with Gasteiger partial charge < -0.3 is 5.32 Å². The first-order valence-electron chi connectivity index (χ1n) is 4.80. The molecule has 0 saturated heterocycles. The average Bonchev–Trinajstić information content (AvgIpc) is 2.34. The van der Waals surface area contributed by atoms with E-state index in [1.54, 1.807) is 6.07 Å². The van der Waals surface area contributed by atoms with E-state index in [2.05, 4.69) is 31.2 Å². The first-order chi connectivity index (χ1) is 8.58. The third kappa shape index (κ3) is 2.83. The van der Waals surface area contributed by atoms with Gasteiger partial charge in [-0.1, -0.05) is 11.6 Å². The number of aromatic nitrogens is 2. The molecule has 2 rings (SSSR count). The monoisotopic (exact) mass is 329 g/mol. The summed E-state index contributed by atoms with van der Waals surface area (Å²) in [6, 6.07) is 2.87. The Labute approximate surface area is 115 Å². The van der Waals surface area contributed by atoms with Crippen molar-refractivity contribution in [3.8, 4) is 0 Å². The molecule has 0 aliphatic carbocycles. The highest BCUT2D eigenvalue weighted by atomic mass is 79.9. The molecule has 18 heavy (non-hydrogen) atoms. The average molecular weight is 331 g/mol. The van der Waals surface area contributed by atoms with Crippen molar-refractivity contribution in [3.63, 3.8) is 0 Å². The number of pyridine rings is 2. The predicted molar refractivity (Wildman–Crippen MR) is 69.1 cm³/mol. The number of anilines is 1. The molecule has 2 heterocycles. The van der Waals surface area contributed by atoms with Crippen molar-refractivity contribution >= 4 is 39.1 Å². The zero-order valence-electron chi connectivity index (χ0n) is 8.82. The van der Waals surface area contributed by atoms with Crippen LogP contribution in [0.5, 0.6) is 0 Å². The van der Waals surface area contributed by atoms with Gasteiger partial charge >= 0.3 is 0 Å². The summed E-state index contributed by atoms with van der Waals surface area (Å²) in [7, 11) is 0. The van der Waals surface area contributed by atoms with Gasteiger partial charge in [-0.15, -0.1) is 0 Å². The maximum atomic E-state index is 13.3. The van der Waals surface area contributed by atoms with Gasteiger partial charge in [0.1, 0.15) is 5.15 Å². The molecule has 0 aromatic carbocycles. The van der Waals surface area contributed by atoms with Gasteiger partial charge in [-0.25, -0.2) is 9.37 Å². The molecule has 2 aromatic rings. The van der Waals surface area contributed by atoms with Gasteiger partial charge in [0.05, 0.1) is 28.1 Å². The second kappa shape index (κ2) is 5.41. The first kappa shape index (κ1) is 12.9. The summed E-state index contributed by atoms with van der Waals surface area (Å²) < 4.78 is 13.9. The van der Waals surface area contributed by atoms with Crippen LogP contribution in [0.1, 0.15) is 10.4 Å². The zero-order chi connectivity index (χ0) is 13.1. The van der Waals surface area contributed by atoms with Crippen LogP contribution in [0, 0.1) is 5.82 Å². The normalized spacial score (nSPS) is 10.2. The standard InChI is InChI=1S/C11H6BrClFN3O/c12-8-3-6(4-16-10(8)13)17-11(18)7-1-2-15-5-9(7)14/h1-5H,(H,17,18). The largest absolute Gasteiger partial charge is 0.320 e. The summed E-state index contributed by atoms with van der Waals surface area (Å²) >= 11 is 8.90. The van der Waals surface area contributed by atoms with Gasteiger partial charge in [-0.2, -0.15) is 0 Å². The Morgan fingerprint density at radius 3 is 2.89 bits per heavy atom. The Kier molecular flexibility index (Phi) is 3.88. The first-order valence-corrected chi connectivity index (χ1v) is 5.97. The summed E-state index contributed by atoms with van der Waals surface area (Å²) in [5.74, 6) is -1.26. The van der Waals surface area contributed by atoms with Gasteiger partial charge in [0.15, 0.2) is 5.82 Å². The summed E-state index contributed by atoms with van der Waals surface area (Å²) in [6.45, 7) is 0. The number of hydrogen-bond acceptors (Lipinski definition) is 3. The van der Waals surface area contributed by atoms with Crippen molar-refractivity contribution in [3.05, 3.63) is 51.7 Å². The lowest BCUT2D eigenvalue weighted by atomic mass is 10.2. The molecule has 0 fully saturated rings. The van der Waals surface area contributed by atoms with Crippen LogP contribution in [-0.4, -0.2) is 15.9 Å². The number of amides is 1. The summed E-state index contributed by atoms with van der Waals surface area (Å²) in [5, 5.41) is 2.79. The lowest BCUT2D eigenvalue weighted by Crippen LogP contribution is -2.14. The van der Waals surface area contributed by atoms with Crippen molar-refractivity contribution < 1.29 is 9.18 Å². The molecule has 7 heteroatoms. The van der Waals surface area contributed by atoms with Crippen LogP contribution in [0.3, 0.4) is 0 Å². The fourth-order valence-corrected chi connectivity index (χ4v) is 1.70. The highest BCUT2D eigenvalue weighted by Crippen LogP contribution is 2.23. The van der Waals surface area contributed by atoms with Gasteiger partial charge in [0, 0.05) is 6.20 Å². The molecule has 0 aliphatic rings. The van der Waals surface area contributed by atoms with E-state index in [0.29, 0.717) is 10.2 Å². The van der Waals surface area contributed by atoms with Gasteiger partial charge in [0.2, 0.25) is 0 Å². The molecule has 0 atom stereocenters. The number of hydrogen-bond donors (Lipinski definition) is 1. The molecule has 1 amide bonds. The van der Waals surface area contributed by atoms with Crippen molar-refractivity contribution in [2.24, 2.45) is 0 Å². The predicted octanol–water partition coefficient (Wildman–Crippen LogP) is 3.28. The minimum atomic E-state index is -0.684. The Morgan fingerprint density at radius 1 is 1.44 bits per heavy atom. The molecule has 0 radical (unpaired) electrons. The molecule has 1 N–H and O–H groups in total. The maximum absolute atomic E-state index is 13.3. The molecule has 4 nitrogen and oxygen atoms in total. The van der Waals surface area contributed by atoms with Crippen molar-refractivity contribution in [2.75, 3.05) is 5.32 Å². The summed E-state index contributed by atoms with van der Waals surface area (Å²) in [5.41, 5.74) is 0.323. The smallest absolute Gasteiger partial charge is 0.258 e. The number of nitrogens with zero attached hydrogens (tertiary/aromatic N) is 2. The quantitative estimate of drug-likeness (QED) is 0.860. The van der Waals surface area contributed by atoms with Crippen molar-refractivity contribution in [1.29, 1.82) is 0 Å². The molecular formula is C11H6BrClFN3O. The van der Waals surface area contributed by atoms with Gasteiger partial charge in [-0.05, 0) is 28.1 Å². The van der Waals surface area contributed by atoms with Crippen LogP contribution < -0.4 is 5.32 Å². The Morgan fingerprint density at radius 2 is 2.22 bits per heavy atom. The van der Waals surface area contributed by atoms with E-state index in [1.165, 1.54) is 18.5 Å². The van der Waals surface area contributed by atoms with E-state index < -0.39 is 11.7 Å². The minimum absolute atomic E-state index is 0.0870. The number of rotatable bonds is 2. The second-order valence-corrected chi connectivity index (χ2v) is 4.52. The highest BCUT2D eigenvalue weighted by Gasteiger charge is 2.12. The van der Waals surface area contributed by atoms with Crippen LogP contribution in [0.15, 0.2) is 35.2 Å². The third-order valence-electron chi connectivity index (χ3n) is 2.07.